The second kappa shape index (κ2) is 6.09. The maximum absolute atomic E-state index is 12.2. The molecule has 1 saturated heterocycles. The summed E-state index contributed by atoms with van der Waals surface area (Å²) in [5, 5.41) is 5.37. The van der Waals surface area contributed by atoms with Crippen molar-refractivity contribution in [3.8, 4) is 10.8 Å². The van der Waals surface area contributed by atoms with Gasteiger partial charge in [-0.25, -0.2) is 4.98 Å². The van der Waals surface area contributed by atoms with Gasteiger partial charge in [0, 0.05) is 18.5 Å². The SMILES string of the molecule is O=C1CN(C(=O)Cc2csc(-c3ccco3)n2)CCCN1. The van der Waals surface area contributed by atoms with Crippen LogP contribution in [0.2, 0.25) is 0 Å². The molecule has 1 aliphatic rings. The monoisotopic (exact) mass is 305 g/mol. The molecule has 0 radical (unpaired) electrons. The Balaban J connectivity index is 1.66. The zero-order valence-corrected chi connectivity index (χ0v) is 12.2. The minimum atomic E-state index is -0.101. The number of carbonyl (C=O) groups is 2. The second-order valence-corrected chi connectivity index (χ2v) is 5.67. The van der Waals surface area contributed by atoms with Gasteiger partial charge in [0.05, 0.1) is 24.9 Å². The maximum atomic E-state index is 12.2. The number of nitrogens with zero attached hydrogens (tertiary/aromatic N) is 2. The van der Waals surface area contributed by atoms with E-state index in [1.807, 2.05) is 11.4 Å². The molecule has 2 amide bonds. The van der Waals surface area contributed by atoms with Crippen LogP contribution in [0.4, 0.5) is 0 Å². The molecule has 0 saturated carbocycles. The van der Waals surface area contributed by atoms with Crippen LogP contribution >= 0.6 is 11.3 Å². The minimum Gasteiger partial charge on any atom is -0.462 e. The first-order valence-electron chi connectivity index (χ1n) is 6.75. The molecule has 1 fully saturated rings. The molecule has 110 valence electrons. The standard InChI is InChI=1S/C14H15N3O3S/c18-12-8-17(5-2-4-15-12)13(19)7-10-9-21-14(16-10)11-3-1-6-20-11/h1,3,6,9H,2,4-5,7-8H2,(H,15,18). The molecular formula is C14H15N3O3S. The summed E-state index contributed by atoms with van der Waals surface area (Å²) >= 11 is 1.45. The Morgan fingerprint density at radius 3 is 3.24 bits per heavy atom. The molecule has 21 heavy (non-hydrogen) atoms. The van der Waals surface area contributed by atoms with Gasteiger partial charge in [-0.2, -0.15) is 0 Å². The smallest absolute Gasteiger partial charge is 0.239 e. The Morgan fingerprint density at radius 2 is 2.43 bits per heavy atom. The Morgan fingerprint density at radius 1 is 1.52 bits per heavy atom. The summed E-state index contributed by atoms with van der Waals surface area (Å²) in [6.07, 6.45) is 2.59. The van der Waals surface area contributed by atoms with Crippen LogP contribution < -0.4 is 5.32 Å². The van der Waals surface area contributed by atoms with E-state index in [1.54, 1.807) is 17.2 Å². The lowest BCUT2D eigenvalue weighted by molar-refractivity contribution is -0.134. The molecule has 0 aliphatic carbocycles. The van der Waals surface area contributed by atoms with Gasteiger partial charge in [-0.1, -0.05) is 0 Å². The fourth-order valence-electron chi connectivity index (χ4n) is 2.19. The molecule has 1 aliphatic heterocycles. The van der Waals surface area contributed by atoms with E-state index >= 15 is 0 Å². The molecule has 3 heterocycles. The van der Waals surface area contributed by atoms with Crippen LogP contribution in [0.1, 0.15) is 12.1 Å². The number of rotatable bonds is 3. The van der Waals surface area contributed by atoms with Gasteiger partial charge in [-0.15, -0.1) is 11.3 Å². The molecule has 0 unspecified atom stereocenters. The van der Waals surface area contributed by atoms with Crippen molar-refractivity contribution in [3.05, 3.63) is 29.5 Å². The fourth-order valence-corrected chi connectivity index (χ4v) is 2.97. The van der Waals surface area contributed by atoms with E-state index < -0.39 is 0 Å². The average Bonchev–Trinajstić information content (AvgIpc) is 3.08. The van der Waals surface area contributed by atoms with Crippen LogP contribution in [-0.4, -0.2) is 41.3 Å². The molecule has 2 aromatic rings. The normalized spacial score (nSPS) is 15.6. The summed E-state index contributed by atoms with van der Waals surface area (Å²) in [6, 6.07) is 3.64. The van der Waals surface area contributed by atoms with E-state index in [0.29, 0.717) is 24.5 Å². The van der Waals surface area contributed by atoms with E-state index in [0.717, 1.165) is 11.4 Å². The first kappa shape index (κ1) is 13.8. The predicted molar refractivity (Wildman–Crippen MR) is 77.7 cm³/mol. The number of amides is 2. The topological polar surface area (TPSA) is 75.4 Å². The van der Waals surface area contributed by atoms with E-state index in [-0.39, 0.29) is 24.8 Å². The molecular weight excluding hydrogens is 290 g/mol. The highest BCUT2D eigenvalue weighted by Crippen LogP contribution is 2.24. The highest BCUT2D eigenvalue weighted by Gasteiger charge is 2.20. The van der Waals surface area contributed by atoms with E-state index in [2.05, 4.69) is 10.3 Å². The zero-order valence-electron chi connectivity index (χ0n) is 11.4. The first-order valence-corrected chi connectivity index (χ1v) is 7.63. The van der Waals surface area contributed by atoms with Gasteiger partial charge in [0.1, 0.15) is 0 Å². The zero-order chi connectivity index (χ0) is 14.7. The first-order chi connectivity index (χ1) is 10.2. The molecule has 3 rings (SSSR count). The number of hydrogen-bond donors (Lipinski definition) is 1. The van der Waals surface area contributed by atoms with Crippen LogP contribution in [0, 0.1) is 0 Å². The maximum Gasteiger partial charge on any atom is 0.239 e. The van der Waals surface area contributed by atoms with Crippen molar-refractivity contribution in [2.75, 3.05) is 19.6 Å². The quantitative estimate of drug-likeness (QED) is 0.927. The van der Waals surface area contributed by atoms with Gasteiger partial charge in [0.15, 0.2) is 10.8 Å². The Bertz CT molecular complexity index is 636. The van der Waals surface area contributed by atoms with Crippen LogP contribution in [-0.2, 0) is 16.0 Å². The molecule has 0 atom stereocenters. The van der Waals surface area contributed by atoms with Crippen molar-refractivity contribution in [2.45, 2.75) is 12.8 Å². The summed E-state index contributed by atoms with van der Waals surface area (Å²) in [7, 11) is 0. The van der Waals surface area contributed by atoms with Gasteiger partial charge < -0.3 is 14.6 Å². The minimum absolute atomic E-state index is 0.0663. The van der Waals surface area contributed by atoms with Crippen LogP contribution in [0.3, 0.4) is 0 Å². The average molecular weight is 305 g/mol. The van der Waals surface area contributed by atoms with Gasteiger partial charge in [-0.3, -0.25) is 9.59 Å². The van der Waals surface area contributed by atoms with Crippen molar-refractivity contribution in [1.82, 2.24) is 15.2 Å². The number of aromatic nitrogens is 1. The lowest BCUT2D eigenvalue weighted by atomic mass is 10.3. The van der Waals surface area contributed by atoms with E-state index in [4.69, 9.17) is 4.42 Å². The number of hydrogen-bond acceptors (Lipinski definition) is 5. The highest BCUT2D eigenvalue weighted by atomic mass is 32.1. The second-order valence-electron chi connectivity index (χ2n) is 4.82. The molecule has 0 aromatic carbocycles. The fraction of sp³-hybridized carbons (Fsp3) is 0.357. The Labute approximate surface area is 125 Å². The number of carbonyl (C=O) groups excluding carboxylic acids is 2. The molecule has 2 aromatic heterocycles. The van der Waals surface area contributed by atoms with Crippen LogP contribution in [0.15, 0.2) is 28.2 Å². The summed E-state index contributed by atoms with van der Waals surface area (Å²) < 4.78 is 5.28. The number of nitrogens with one attached hydrogen (secondary N) is 1. The van der Waals surface area contributed by atoms with Crippen molar-refractivity contribution in [1.29, 1.82) is 0 Å². The lowest BCUT2D eigenvalue weighted by Gasteiger charge is -2.18. The highest BCUT2D eigenvalue weighted by molar-refractivity contribution is 7.13. The molecule has 6 nitrogen and oxygen atoms in total. The van der Waals surface area contributed by atoms with Crippen LogP contribution in [0.25, 0.3) is 10.8 Å². The lowest BCUT2D eigenvalue weighted by Crippen LogP contribution is -2.38. The van der Waals surface area contributed by atoms with Gasteiger partial charge in [0.25, 0.3) is 0 Å². The number of furan rings is 1. The van der Waals surface area contributed by atoms with E-state index in [9.17, 15) is 9.59 Å². The van der Waals surface area contributed by atoms with Gasteiger partial charge in [0.2, 0.25) is 11.8 Å². The number of thiazole rings is 1. The third-order valence-electron chi connectivity index (χ3n) is 3.23. The summed E-state index contributed by atoms with van der Waals surface area (Å²) in [5.74, 6) is 0.534. The van der Waals surface area contributed by atoms with Crippen LogP contribution in [0.5, 0.6) is 0 Å². The van der Waals surface area contributed by atoms with Gasteiger partial charge >= 0.3 is 0 Å². The van der Waals surface area contributed by atoms with Gasteiger partial charge in [-0.05, 0) is 18.6 Å². The summed E-state index contributed by atoms with van der Waals surface area (Å²) in [6.45, 7) is 1.36. The Kier molecular flexibility index (Phi) is 4.01. The third kappa shape index (κ3) is 3.30. The van der Waals surface area contributed by atoms with Crippen molar-refractivity contribution in [2.24, 2.45) is 0 Å². The Hall–Kier alpha value is -2.15. The molecule has 1 N–H and O–H groups in total. The molecule has 0 spiro atoms. The largest absolute Gasteiger partial charge is 0.462 e. The van der Waals surface area contributed by atoms with Crippen molar-refractivity contribution >= 4 is 23.2 Å². The molecule has 0 bridgehead atoms. The molecule has 7 heteroatoms. The van der Waals surface area contributed by atoms with Crippen molar-refractivity contribution in [3.63, 3.8) is 0 Å². The van der Waals surface area contributed by atoms with Crippen molar-refractivity contribution < 1.29 is 14.0 Å². The third-order valence-corrected chi connectivity index (χ3v) is 4.14. The predicted octanol–water partition coefficient (Wildman–Crippen LogP) is 1.29. The van der Waals surface area contributed by atoms with E-state index in [1.165, 1.54) is 11.3 Å². The summed E-state index contributed by atoms with van der Waals surface area (Å²) in [5.41, 5.74) is 0.709. The summed E-state index contributed by atoms with van der Waals surface area (Å²) in [4.78, 5) is 29.7.